The first-order valence-electron chi connectivity index (χ1n) is 13.1. The van der Waals surface area contributed by atoms with Crippen LogP contribution in [0.3, 0.4) is 0 Å². The van der Waals surface area contributed by atoms with E-state index < -0.39 is 17.3 Å². The van der Waals surface area contributed by atoms with Gasteiger partial charge in [0.1, 0.15) is 17.7 Å². The highest BCUT2D eigenvalue weighted by molar-refractivity contribution is 5.76. The van der Waals surface area contributed by atoms with Gasteiger partial charge in [0.2, 0.25) is 0 Å². The summed E-state index contributed by atoms with van der Waals surface area (Å²) in [5, 5.41) is 17.0. The van der Waals surface area contributed by atoms with E-state index in [0.717, 1.165) is 59.6 Å². The number of aliphatic carboxylic acids is 1. The maximum atomic E-state index is 13.9. The molecule has 208 valence electrons. The first kappa shape index (κ1) is 29.8. The lowest BCUT2D eigenvalue weighted by Gasteiger charge is -2.33. The molecule has 0 amide bonds. The lowest BCUT2D eigenvalue weighted by Crippen LogP contribution is -2.33. The van der Waals surface area contributed by atoms with Crippen LogP contribution in [-0.2, 0) is 22.7 Å². The molecular weight excluding hydrogens is 497 g/mol. The number of hydrogen-bond acceptors (Lipinski definition) is 4. The number of nitrogens with zero attached hydrogens (tertiary/aromatic N) is 1. The van der Waals surface area contributed by atoms with Crippen molar-refractivity contribution in [3.05, 3.63) is 99.9 Å². The van der Waals surface area contributed by atoms with Gasteiger partial charge in [-0.25, -0.2) is 4.39 Å². The van der Waals surface area contributed by atoms with Crippen LogP contribution in [0.1, 0.15) is 66.5 Å². The maximum absolute atomic E-state index is 13.9. The molecule has 3 aromatic carbocycles. The predicted molar refractivity (Wildman–Crippen MR) is 150 cm³/mol. The molecule has 0 aliphatic carbocycles. The maximum Gasteiger partial charge on any atom is 0.310 e. The van der Waals surface area contributed by atoms with Crippen molar-refractivity contribution in [1.29, 1.82) is 0 Å². The lowest BCUT2D eigenvalue weighted by molar-refractivity contribution is -0.147. The van der Waals surface area contributed by atoms with Gasteiger partial charge >= 0.3 is 5.97 Å². The van der Waals surface area contributed by atoms with Gasteiger partial charge in [-0.1, -0.05) is 49.4 Å². The number of rotatable bonds is 7. The van der Waals surface area contributed by atoms with Crippen molar-refractivity contribution < 1.29 is 28.9 Å². The molecule has 0 saturated heterocycles. The van der Waals surface area contributed by atoms with Crippen molar-refractivity contribution in [1.82, 2.24) is 4.90 Å². The Labute approximate surface area is 230 Å². The van der Waals surface area contributed by atoms with E-state index in [9.17, 15) is 14.3 Å². The molecule has 3 aromatic rings. The number of carboxylic acids is 1. The summed E-state index contributed by atoms with van der Waals surface area (Å²) in [4.78, 5) is 23.2. The molecule has 6 nitrogen and oxygen atoms in total. The van der Waals surface area contributed by atoms with Crippen LogP contribution >= 0.6 is 0 Å². The van der Waals surface area contributed by atoms with Crippen molar-refractivity contribution in [3.63, 3.8) is 0 Å². The molecule has 39 heavy (non-hydrogen) atoms. The molecule has 1 unspecified atom stereocenters. The minimum absolute atomic E-state index is 0.109. The Kier molecular flexibility index (Phi) is 9.86. The van der Waals surface area contributed by atoms with Crippen LogP contribution < -0.4 is 4.74 Å². The Morgan fingerprint density at radius 3 is 2.46 bits per heavy atom. The smallest absolute Gasteiger partial charge is 0.310 e. The number of aryl methyl sites for hydroxylation is 2. The first-order valence-corrected chi connectivity index (χ1v) is 13.1. The van der Waals surface area contributed by atoms with Crippen molar-refractivity contribution >= 4 is 12.4 Å². The molecule has 1 aliphatic rings. The van der Waals surface area contributed by atoms with Gasteiger partial charge in [-0.05, 0) is 80.1 Å². The first-order chi connectivity index (χ1) is 18.5. The zero-order valence-corrected chi connectivity index (χ0v) is 23.3. The van der Waals surface area contributed by atoms with Crippen LogP contribution in [0.15, 0.2) is 60.7 Å². The van der Waals surface area contributed by atoms with E-state index in [-0.39, 0.29) is 18.4 Å². The molecule has 0 spiro atoms. The van der Waals surface area contributed by atoms with Gasteiger partial charge in [0.15, 0.2) is 0 Å². The lowest BCUT2D eigenvalue weighted by atomic mass is 9.70. The highest BCUT2D eigenvalue weighted by atomic mass is 19.1. The molecule has 0 saturated carbocycles. The molecule has 0 fully saturated rings. The zero-order valence-electron chi connectivity index (χ0n) is 23.3. The molecule has 0 aromatic heterocycles. The van der Waals surface area contributed by atoms with E-state index in [1.54, 1.807) is 19.9 Å². The Hall–Kier alpha value is -3.71. The second-order valence-corrected chi connectivity index (χ2v) is 10.7. The third kappa shape index (κ3) is 7.03. The third-order valence-electron chi connectivity index (χ3n) is 7.49. The summed E-state index contributed by atoms with van der Waals surface area (Å²) in [6, 6.07) is 19.1. The number of fused-ring (bicyclic) bond motifs is 1. The number of carbonyl (C=O) groups is 2. The molecule has 7 heteroatoms. The van der Waals surface area contributed by atoms with E-state index in [4.69, 9.17) is 14.6 Å². The zero-order chi connectivity index (χ0) is 28.7. The summed E-state index contributed by atoms with van der Waals surface area (Å²) >= 11 is 0. The fourth-order valence-corrected chi connectivity index (χ4v) is 5.25. The van der Waals surface area contributed by atoms with Crippen LogP contribution in [0.4, 0.5) is 4.39 Å². The topological polar surface area (TPSA) is 87.1 Å². The van der Waals surface area contributed by atoms with Crippen LogP contribution in [0.5, 0.6) is 5.75 Å². The number of benzene rings is 3. The summed E-state index contributed by atoms with van der Waals surface area (Å²) in [5.74, 6) is -0.675. The number of hydrogen-bond donors (Lipinski definition) is 2. The number of para-hydroxylation sites is 1. The monoisotopic (exact) mass is 535 g/mol. The average molecular weight is 536 g/mol. The number of ether oxygens (including phenoxy) is 1. The normalized spacial score (nSPS) is 16.1. The van der Waals surface area contributed by atoms with Crippen LogP contribution in [0, 0.1) is 25.1 Å². The van der Waals surface area contributed by atoms with Gasteiger partial charge in [-0.2, -0.15) is 0 Å². The largest absolute Gasteiger partial charge is 0.489 e. The van der Waals surface area contributed by atoms with E-state index in [0.29, 0.717) is 0 Å². The molecule has 2 N–H and O–H groups in total. The quantitative estimate of drug-likeness (QED) is 0.333. The molecule has 4 rings (SSSR count). The summed E-state index contributed by atoms with van der Waals surface area (Å²) in [5.41, 5.74) is 4.92. The minimum Gasteiger partial charge on any atom is -0.489 e. The molecule has 2 atom stereocenters. The van der Waals surface area contributed by atoms with Gasteiger partial charge < -0.3 is 14.9 Å². The Bertz CT molecular complexity index is 1310. The fourth-order valence-electron chi connectivity index (χ4n) is 5.25. The molecule has 0 bridgehead atoms. The van der Waals surface area contributed by atoms with Crippen molar-refractivity contribution in [3.8, 4) is 5.75 Å². The van der Waals surface area contributed by atoms with Crippen LogP contribution in [0.2, 0.25) is 0 Å². The van der Waals surface area contributed by atoms with Gasteiger partial charge in [0.25, 0.3) is 6.47 Å². The molecule has 0 radical (unpaired) electrons. The van der Waals surface area contributed by atoms with Gasteiger partial charge in [-0.15, -0.1) is 0 Å². The van der Waals surface area contributed by atoms with E-state index in [1.807, 2.05) is 31.2 Å². The predicted octanol–water partition coefficient (Wildman–Crippen LogP) is 6.56. The second kappa shape index (κ2) is 12.9. The van der Waals surface area contributed by atoms with E-state index in [2.05, 4.69) is 36.9 Å². The summed E-state index contributed by atoms with van der Waals surface area (Å²) < 4.78 is 20.2. The standard InChI is InChI=1S/C31H36FNO3.CH2O2/c1-6-26-19-33(17-23-9-7-8-10-28(23)36-26)18-24-16-22(12-11-20(24)2)29(31(4,5)30(34)35)27-14-13-25(32)15-21(27)3;2-1-3/h7-16,26,29H,6,17-19H2,1-5H3,(H,34,35);1H,(H,2,3)/t26-,29?;/m1./s1. The number of halogens is 1. The second-order valence-electron chi connectivity index (χ2n) is 10.7. The van der Waals surface area contributed by atoms with Crippen LogP contribution in [0.25, 0.3) is 0 Å². The Morgan fingerprint density at radius 1 is 1.13 bits per heavy atom. The number of carboxylic acid groups (broad SMARTS) is 2. The van der Waals surface area contributed by atoms with Gasteiger partial charge in [0, 0.05) is 31.1 Å². The highest BCUT2D eigenvalue weighted by Gasteiger charge is 2.40. The van der Waals surface area contributed by atoms with Crippen LogP contribution in [-0.4, -0.2) is 40.2 Å². The SMILES string of the molecule is CC[C@@H]1CN(Cc2cc(C(c3ccc(F)cc3C)C(C)(C)C(=O)O)ccc2C)Cc2ccccc2O1.O=CO. The Morgan fingerprint density at radius 2 is 1.82 bits per heavy atom. The Balaban J connectivity index is 0.00000134. The van der Waals surface area contributed by atoms with E-state index >= 15 is 0 Å². The average Bonchev–Trinajstić information content (AvgIpc) is 3.06. The fraction of sp³-hybridized carbons (Fsp3) is 0.375. The van der Waals surface area contributed by atoms with E-state index in [1.165, 1.54) is 17.7 Å². The molecule has 1 aliphatic heterocycles. The summed E-state index contributed by atoms with van der Waals surface area (Å²) in [7, 11) is 0. The molecular formula is C32H38FNO5. The molecule has 1 heterocycles. The van der Waals surface area contributed by atoms with Gasteiger partial charge in [0.05, 0.1) is 5.41 Å². The third-order valence-corrected chi connectivity index (χ3v) is 7.49. The summed E-state index contributed by atoms with van der Waals surface area (Å²) in [6.45, 7) is 11.7. The van der Waals surface area contributed by atoms with Gasteiger partial charge in [-0.3, -0.25) is 14.5 Å². The summed E-state index contributed by atoms with van der Waals surface area (Å²) in [6.07, 6.45) is 1.03. The van der Waals surface area contributed by atoms with Crippen molar-refractivity contribution in [2.24, 2.45) is 5.41 Å². The minimum atomic E-state index is -1.09. The highest BCUT2D eigenvalue weighted by Crippen LogP contribution is 2.43. The van der Waals surface area contributed by atoms with Crippen molar-refractivity contribution in [2.45, 2.75) is 66.2 Å². The van der Waals surface area contributed by atoms with Crippen molar-refractivity contribution in [2.75, 3.05) is 6.54 Å².